The molecule has 1 aromatic carbocycles. The maximum absolute atomic E-state index is 5.46. The number of hydrogen-bond acceptors (Lipinski definition) is 1. The van der Waals surface area contributed by atoms with Crippen LogP contribution in [0.1, 0.15) is 56.1 Å². The molecule has 0 unspecified atom stereocenters. The van der Waals surface area contributed by atoms with Crippen molar-refractivity contribution in [1.82, 2.24) is 0 Å². The fourth-order valence-corrected chi connectivity index (χ4v) is 3.29. The van der Waals surface area contributed by atoms with Crippen LogP contribution >= 0.6 is 0 Å². The molecule has 1 aliphatic rings. The van der Waals surface area contributed by atoms with Gasteiger partial charge < -0.3 is 12.6 Å². The third-order valence-corrected chi connectivity index (χ3v) is 4.67. The van der Waals surface area contributed by atoms with Crippen molar-refractivity contribution >= 4 is 12.6 Å². The average Bonchev–Trinajstić information content (AvgIpc) is 2.66. The van der Waals surface area contributed by atoms with E-state index in [9.17, 15) is 0 Å². The van der Waals surface area contributed by atoms with Crippen LogP contribution < -0.4 is 0 Å². The SMILES string of the molecule is C#C.[CH2-]/C=C\C=C/CC#Cc1[c-]cc(CCC2CCCCC2)cc1[S-].[Y].[Y].[Y].[Y].[Y]. The molecule has 5 radical (unpaired) electrons. The van der Waals surface area contributed by atoms with Crippen LogP contribution in [0.25, 0.3) is 0 Å². The molecule has 0 aliphatic heterocycles. The summed E-state index contributed by atoms with van der Waals surface area (Å²) in [6, 6.07) is 7.45. The first-order valence-electron chi connectivity index (χ1n) is 8.94. The Morgan fingerprint density at radius 3 is 2.27 bits per heavy atom. The van der Waals surface area contributed by atoms with Gasteiger partial charge in [0.1, 0.15) is 0 Å². The summed E-state index contributed by atoms with van der Waals surface area (Å²) < 4.78 is 0. The maximum atomic E-state index is 5.46. The summed E-state index contributed by atoms with van der Waals surface area (Å²) in [5, 5.41) is 0. The summed E-state index contributed by atoms with van der Waals surface area (Å²) in [7, 11) is 0. The minimum absolute atomic E-state index is 0. The Balaban J connectivity index is -0.000000289. The summed E-state index contributed by atoms with van der Waals surface area (Å²) in [6.07, 6.45) is 25.8. The van der Waals surface area contributed by atoms with E-state index in [-0.39, 0.29) is 164 Å². The fourth-order valence-electron chi connectivity index (χ4n) is 3.03. The molecule has 2 rings (SSSR count). The Hall–Kier alpha value is 3.43. The largest absolute Gasteiger partial charge is 0.839 e. The van der Waals surface area contributed by atoms with Crippen LogP contribution in [0.4, 0.5) is 0 Å². The van der Waals surface area contributed by atoms with Crippen LogP contribution in [-0.4, -0.2) is 0 Å². The van der Waals surface area contributed by atoms with Crippen molar-refractivity contribution < 1.29 is 164 Å². The van der Waals surface area contributed by atoms with Crippen molar-refractivity contribution in [3.63, 3.8) is 0 Å². The Morgan fingerprint density at radius 1 is 1.07 bits per heavy atom. The van der Waals surface area contributed by atoms with Crippen molar-refractivity contribution in [1.29, 1.82) is 0 Å². The predicted octanol–water partition coefficient (Wildman–Crippen LogP) is 5.83. The van der Waals surface area contributed by atoms with Gasteiger partial charge in [0.15, 0.2) is 0 Å². The second-order valence-electron chi connectivity index (χ2n) is 6.15. The molecule has 1 fully saturated rings. The van der Waals surface area contributed by atoms with Crippen LogP contribution in [0.3, 0.4) is 0 Å². The molecular weight excluding hydrogens is 765 g/mol. The predicted molar refractivity (Wildman–Crippen MR) is 111 cm³/mol. The fraction of sp³-hybridized carbons (Fsp3) is 0.375. The zero-order valence-corrected chi connectivity index (χ0v) is 32.9. The van der Waals surface area contributed by atoms with Gasteiger partial charge in [-0.2, -0.15) is 17.9 Å². The van der Waals surface area contributed by atoms with Crippen LogP contribution in [0.15, 0.2) is 41.3 Å². The summed E-state index contributed by atoms with van der Waals surface area (Å²) in [5.41, 5.74) is 2.16. The van der Waals surface area contributed by atoms with Crippen molar-refractivity contribution in [3.8, 4) is 24.7 Å². The van der Waals surface area contributed by atoms with Crippen molar-refractivity contribution in [2.24, 2.45) is 5.92 Å². The molecule has 1 aromatic rings. The molecule has 0 nitrogen and oxygen atoms in total. The number of allylic oxidation sites excluding steroid dienone is 4. The minimum atomic E-state index is 0. The molecule has 0 amide bonds. The van der Waals surface area contributed by atoms with Gasteiger partial charge in [0.05, 0.1) is 0 Å². The Bertz CT molecular complexity index is 651. The monoisotopic (exact) mass is 792 g/mol. The molecule has 6 heteroatoms. The van der Waals surface area contributed by atoms with Gasteiger partial charge in [-0.1, -0.05) is 51.0 Å². The summed E-state index contributed by atoms with van der Waals surface area (Å²) in [4.78, 5) is 0.834. The van der Waals surface area contributed by atoms with Gasteiger partial charge in [0.2, 0.25) is 0 Å². The summed E-state index contributed by atoms with van der Waals surface area (Å²) in [5.74, 6) is 7.15. The first-order valence-corrected chi connectivity index (χ1v) is 9.35. The molecule has 147 valence electrons. The van der Waals surface area contributed by atoms with Crippen molar-refractivity contribution in [2.75, 3.05) is 0 Å². The van der Waals surface area contributed by atoms with Gasteiger partial charge in [0, 0.05) is 170 Å². The standard InChI is InChI=1S/C22H26S.C2H2.5Y/c1-2-3-4-5-6-10-13-21-17-16-20(18-22(21)23)15-14-19-11-8-7-9-12-19;1-2;;;;;/h2-5,16,18-19,23H,1,6-9,11-12,14-15H2;1-2H;;;;;/q-2;;;;;;/p-1/b3-2-,5-4-;;;;;;. The van der Waals surface area contributed by atoms with E-state index in [1.165, 1.54) is 44.1 Å². The number of terminal acetylenes is 1. The van der Waals surface area contributed by atoms with Crippen LogP contribution in [0, 0.1) is 43.6 Å². The van der Waals surface area contributed by atoms with Crippen LogP contribution in [0.2, 0.25) is 0 Å². The van der Waals surface area contributed by atoms with Crippen molar-refractivity contribution in [2.45, 2.75) is 56.3 Å². The molecule has 1 saturated carbocycles. The smallest absolute Gasteiger partial charge is 0.0158 e. The quantitative estimate of drug-likeness (QED) is 0.157. The van der Waals surface area contributed by atoms with Gasteiger partial charge in [-0.3, -0.25) is 4.90 Å². The van der Waals surface area contributed by atoms with E-state index >= 15 is 0 Å². The normalized spacial score (nSPS) is 12.2. The van der Waals surface area contributed by atoms with E-state index in [2.05, 4.69) is 49.8 Å². The van der Waals surface area contributed by atoms with E-state index in [0.717, 1.165) is 29.2 Å². The summed E-state index contributed by atoms with van der Waals surface area (Å²) in [6.45, 7) is 3.63. The number of aryl methyl sites for hydroxylation is 1. The number of hydrogen-bond donors (Lipinski definition) is 0. The summed E-state index contributed by atoms with van der Waals surface area (Å²) >= 11 is 5.46. The molecule has 30 heavy (non-hydrogen) atoms. The van der Waals surface area contributed by atoms with Crippen LogP contribution in [-0.2, 0) is 183 Å². The second kappa shape index (κ2) is 30.5. The van der Waals surface area contributed by atoms with E-state index in [4.69, 9.17) is 12.6 Å². The van der Waals surface area contributed by atoms with Gasteiger partial charge in [-0.05, 0) is 5.92 Å². The third-order valence-electron chi connectivity index (χ3n) is 4.35. The third kappa shape index (κ3) is 20.8. The number of rotatable bonds is 5. The molecule has 1 aliphatic carbocycles. The van der Waals surface area contributed by atoms with E-state index in [0.29, 0.717) is 0 Å². The van der Waals surface area contributed by atoms with Gasteiger partial charge in [0.25, 0.3) is 0 Å². The molecule has 0 N–H and O–H groups in total. The number of benzene rings is 1. The molecular formula is C24H27SY5-3. The van der Waals surface area contributed by atoms with E-state index in [1.54, 1.807) is 6.08 Å². The zero-order chi connectivity index (χ0) is 18.3. The van der Waals surface area contributed by atoms with Crippen molar-refractivity contribution in [3.05, 3.63) is 60.6 Å². The Labute approximate surface area is 317 Å². The molecule has 0 bridgehead atoms. The van der Waals surface area contributed by atoms with Crippen LogP contribution in [0.5, 0.6) is 0 Å². The molecule has 0 atom stereocenters. The van der Waals surface area contributed by atoms with E-state index in [1.807, 2.05) is 18.2 Å². The zero-order valence-electron chi connectivity index (χ0n) is 17.9. The molecule has 0 spiro atoms. The second-order valence-corrected chi connectivity index (χ2v) is 6.59. The minimum Gasteiger partial charge on any atom is -0.839 e. The molecule has 0 aromatic heterocycles. The Kier molecular flexibility index (Phi) is 44.2. The van der Waals surface area contributed by atoms with E-state index < -0.39 is 0 Å². The van der Waals surface area contributed by atoms with Gasteiger partial charge >= 0.3 is 0 Å². The molecule has 0 saturated heterocycles. The average molecular weight is 792 g/mol. The molecule has 0 heterocycles. The first kappa shape index (κ1) is 43.5. The topological polar surface area (TPSA) is 0 Å². The maximum Gasteiger partial charge on any atom is 0.0158 e. The van der Waals surface area contributed by atoms with Gasteiger partial charge in [-0.25, -0.2) is 19.1 Å². The Morgan fingerprint density at radius 2 is 1.70 bits per heavy atom. The van der Waals surface area contributed by atoms with Gasteiger partial charge in [-0.15, -0.1) is 42.2 Å². The first-order chi connectivity index (χ1) is 12.3.